The molecule has 0 aliphatic rings. The largest absolute Gasteiger partial charge is 0.325 e. The fraction of sp³-hybridized carbons (Fsp3) is 0.286. The van der Waals surface area contributed by atoms with E-state index in [-0.39, 0.29) is 5.91 Å². The summed E-state index contributed by atoms with van der Waals surface area (Å²) >= 11 is 2.79. The van der Waals surface area contributed by atoms with Gasteiger partial charge < -0.3 is 5.32 Å². The third-order valence-electron chi connectivity index (χ3n) is 2.51. The summed E-state index contributed by atoms with van der Waals surface area (Å²) in [6, 6.07) is 7.71. The molecular formula is C14H18N5OS2+. The van der Waals surface area contributed by atoms with E-state index in [4.69, 9.17) is 0 Å². The molecule has 0 fully saturated rings. The van der Waals surface area contributed by atoms with E-state index < -0.39 is 0 Å². The highest BCUT2D eigenvalue weighted by Crippen LogP contribution is 2.25. The lowest BCUT2D eigenvalue weighted by atomic mass is 10.2. The van der Waals surface area contributed by atoms with E-state index in [1.807, 2.05) is 49.9 Å². The summed E-state index contributed by atoms with van der Waals surface area (Å²) in [6.45, 7) is 2.01. The second-order valence-corrected chi connectivity index (χ2v) is 7.01. The van der Waals surface area contributed by atoms with E-state index in [0.717, 1.165) is 15.6 Å². The Morgan fingerprint density at radius 2 is 2.05 bits per heavy atom. The predicted octanol–water partition coefficient (Wildman–Crippen LogP) is 2.29. The zero-order valence-electron chi connectivity index (χ0n) is 12.7. The normalized spacial score (nSPS) is 10.1. The van der Waals surface area contributed by atoms with Crippen LogP contribution in [0, 0.1) is 6.92 Å². The van der Waals surface area contributed by atoms with Crippen molar-refractivity contribution >= 4 is 46.2 Å². The van der Waals surface area contributed by atoms with Gasteiger partial charge in [-0.25, -0.2) is 5.32 Å². The van der Waals surface area contributed by atoms with Crippen LogP contribution in [-0.4, -0.2) is 46.9 Å². The van der Waals surface area contributed by atoms with Crippen molar-refractivity contribution < 1.29 is 9.37 Å². The molecule has 0 saturated heterocycles. The first kappa shape index (κ1) is 16.4. The standard InChI is InChI=1S/C14H17N5OS2/c1-10-4-6-11(7-5-10)16-12(20)8-21-14-18-17-13(22-14)15-9-19(2)3/h4-7,9H,8H2,1-3H3,(H,16,20)/p+1. The van der Waals surface area contributed by atoms with Crippen LogP contribution in [0.3, 0.4) is 0 Å². The minimum atomic E-state index is -0.0570. The van der Waals surface area contributed by atoms with Gasteiger partial charge in [0.05, 0.1) is 19.8 Å². The van der Waals surface area contributed by atoms with Gasteiger partial charge in [-0.1, -0.05) is 34.6 Å². The summed E-state index contributed by atoms with van der Waals surface area (Å²) in [5.41, 5.74) is 1.96. The summed E-state index contributed by atoms with van der Waals surface area (Å²) in [5.74, 6) is 0.248. The Morgan fingerprint density at radius 3 is 2.73 bits per heavy atom. The molecule has 0 spiro atoms. The van der Waals surface area contributed by atoms with E-state index in [1.165, 1.54) is 23.1 Å². The number of benzene rings is 1. The summed E-state index contributed by atoms with van der Waals surface area (Å²) < 4.78 is 2.64. The highest BCUT2D eigenvalue weighted by Gasteiger charge is 2.10. The molecule has 0 aliphatic heterocycles. The van der Waals surface area contributed by atoms with Crippen LogP contribution in [0.25, 0.3) is 0 Å². The van der Waals surface area contributed by atoms with E-state index in [9.17, 15) is 4.79 Å². The van der Waals surface area contributed by atoms with Crippen molar-refractivity contribution in [3.8, 4) is 0 Å². The molecule has 1 heterocycles. The molecule has 0 bridgehead atoms. The van der Waals surface area contributed by atoms with Gasteiger partial charge >= 0.3 is 0 Å². The Balaban J connectivity index is 1.81. The van der Waals surface area contributed by atoms with Gasteiger partial charge in [-0.2, -0.15) is 0 Å². The maximum absolute atomic E-state index is 11.9. The fourth-order valence-electron chi connectivity index (χ4n) is 1.47. The Kier molecular flexibility index (Phi) is 5.91. The average Bonchev–Trinajstić information content (AvgIpc) is 2.93. The first-order chi connectivity index (χ1) is 10.5. The van der Waals surface area contributed by atoms with Crippen LogP contribution < -0.4 is 10.6 Å². The first-order valence-electron chi connectivity index (χ1n) is 6.62. The summed E-state index contributed by atoms with van der Waals surface area (Å²) in [6.07, 6.45) is 1.79. The number of nitrogens with zero attached hydrogens (tertiary/aromatic N) is 3. The third-order valence-corrected chi connectivity index (χ3v) is 4.50. The highest BCUT2D eigenvalue weighted by molar-refractivity contribution is 8.01. The number of hydrogen-bond donors (Lipinski definition) is 2. The number of hydrogen-bond acceptors (Lipinski definition) is 5. The summed E-state index contributed by atoms with van der Waals surface area (Å²) in [4.78, 5) is 11.9. The van der Waals surface area contributed by atoms with Crippen LogP contribution in [0.4, 0.5) is 10.8 Å². The number of carbonyl (C=O) groups is 1. The molecule has 22 heavy (non-hydrogen) atoms. The van der Waals surface area contributed by atoms with Crippen molar-refractivity contribution in [1.82, 2.24) is 10.2 Å². The lowest BCUT2D eigenvalue weighted by molar-refractivity contribution is -0.459. The van der Waals surface area contributed by atoms with Crippen LogP contribution in [0.15, 0.2) is 28.6 Å². The molecular weight excluding hydrogens is 318 g/mol. The van der Waals surface area contributed by atoms with Crippen LogP contribution in [0.1, 0.15) is 5.56 Å². The number of thioether (sulfide) groups is 1. The van der Waals surface area contributed by atoms with Crippen molar-refractivity contribution in [2.24, 2.45) is 0 Å². The number of anilines is 2. The lowest BCUT2D eigenvalue weighted by Crippen LogP contribution is -2.13. The molecule has 2 aromatic rings. The van der Waals surface area contributed by atoms with Crippen LogP contribution in [0.2, 0.25) is 0 Å². The van der Waals surface area contributed by atoms with Gasteiger partial charge in [0.1, 0.15) is 0 Å². The second kappa shape index (κ2) is 7.90. The number of aryl methyl sites for hydroxylation is 1. The van der Waals surface area contributed by atoms with Crippen molar-refractivity contribution in [1.29, 1.82) is 0 Å². The van der Waals surface area contributed by atoms with Crippen molar-refractivity contribution in [2.45, 2.75) is 11.3 Å². The van der Waals surface area contributed by atoms with E-state index in [0.29, 0.717) is 10.9 Å². The lowest BCUT2D eigenvalue weighted by Gasteiger charge is -2.04. The SMILES string of the molecule is Cc1ccc(NC(=O)CSc2nnc(NC=[N+](C)C)s2)cc1. The van der Waals surface area contributed by atoms with Crippen molar-refractivity contribution in [2.75, 3.05) is 30.5 Å². The van der Waals surface area contributed by atoms with Gasteiger partial charge in [-0.15, -0.1) is 5.10 Å². The maximum atomic E-state index is 11.9. The molecule has 0 unspecified atom stereocenters. The van der Waals surface area contributed by atoms with Gasteiger partial charge in [0, 0.05) is 5.69 Å². The molecule has 116 valence electrons. The van der Waals surface area contributed by atoms with Crippen LogP contribution in [-0.2, 0) is 4.79 Å². The average molecular weight is 336 g/mol. The van der Waals surface area contributed by atoms with Gasteiger partial charge in [0.25, 0.3) is 5.13 Å². The molecule has 1 amide bonds. The molecule has 6 nitrogen and oxygen atoms in total. The fourth-order valence-corrected chi connectivity index (χ4v) is 2.99. The molecule has 8 heteroatoms. The topological polar surface area (TPSA) is 69.9 Å². The zero-order chi connectivity index (χ0) is 15.9. The Bertz CT molecular complexity index is 662. The second-order valence-electron chi connectivity index (χ2n) is 4.81. The molecule has 2 N–H and O–H groups in total. The number of aromatic nitrogens is 2. The molecule has 0 saturated carbocycles. The van der Waals surface area contributed by atoms with Gasteiger partial charge in [-0.05, 0) is 30.4 Å². The Labute approximate surface area is 137 Å². The molecule has 1 aromatic carbocycles. The molecule has 0 radical (unpaired) electrons. The van der Waals surface area contributed by atoms with Gasteiger partial charge in [0.2, 0.25) is 12.2 Å². The van der Waals surface area contributed by atoms with E-state index in [1.54, 1.807) is 6.34 Å². The van der Waals surface area contributed by atoms with Crippen molar-refractivity contribution in [3.05, 3.63) is 29.8 Å². The molecule has 1 aromatic heterocycles. The van der Waals surface area contributed by atoms with Gasteiger partial charge in [-0.3, -0.25) is 9.37 Å². The minimum absolute atomic E-state index is 0.0570. The number of nitrogens with one attached hydrogen (secondary N) is 2. The molecule has 0 aliphatic carbocycles. The smallest absolute Gasteiger partial charge is 0.297 e. The van der Waals surface area contributed by atoms with E-state index >= 15 is 0 Å². The molecule has 0 atom stereocenters. The van der Waals surface area contributed by atoms with Gasteiger partial charge in [0.15, 0.2) is 4.34 Å². The number of amides is 1. The van der Waals surface area contributed by atoms with Crippen LogP contribution >= 0.6 is 23.1 Å². The summed E-state index contributed by atoms with van der Waals surface area (Å²) in [7, 11) is 3.83. The number of carbonyl (C=O) groups excluding carboxylic acids is 1. The monoisotopic (exact) mass is 336 g/mol. The summed E-state index contributed by atoms with van der Waals surface area (Å²) in [5, 5.41) is 14.6. The number of rotatable bonds is 6. The van der Waals surface area contributed by atoms with E-state index in [2.05, 4.69) is 20.8 Å². The zero-order valence-corrected chi connectivity index (χ0v) is 14.3. The van der Waals surface area contributed by atoms with Crippen LogP contribution in [0.5, 0.6) is 0 Å². The minimum Gasteiger partial charge on any atom is -0.325 e. The highest BCUT2D eigenvalue weighted by atomic mass is 32.2. The molecule has 2 rings (SSSR count). The first-order valence-corrected chi connectivity index (χ1v) is 8.42. The Hall–Kier alpha value is -1.93. The maximum Gasteiger partial charge on any atom is 0.297 e. The third kappa shape index (κ3) is 5.45. The van der Waals surface area contributed by atoms with Crippen molar-refractivity contribution in [3.63, 3.8) is 0 Å². The predicted molar refractivity (Wildman–Crippen MR) is 92.2 cm³/mol. The quantitative estimate of drug-likeness (QED) is 0.367. The Morgan fingerprint density at radius 1 is 1.32 bits per heavy atom.